The second-order valence-corrected chi connectivity index (χ2v) is 6.35. The van der Waals surface area contributed by atoms with Crippen molar-refractivity contribution in [1.82, 2.24) is 0 Å². The highest BCUT2D eigenvalue weighted by Crippen LogP contribution is 2.69. The van der Waals surface area contributed by atoms with E-state index in [9.17, 15) is 4.79 Å². The molecule has 0 amide bonds. The first-order valence-electron chi connectivity index (χ1n) is 6.58. The summed E-state index contributed by atoms with van der Waals surface area (Å²) in [5, 5.41) is 0. The average molecular weight is 228 g/mol. The van der Waals surface area contributed by atoms with Crippen LogP contribution < -0.4 is 0 Å². The molecule has 1 aromatic rings. The Labute approximate surface area is 103 Å². The molecule has 0 heterocycles. The lowest BCUT2D eigenvalue weighted by atomic mass is 9.35. The predicted molar refractivity (Wildman–Crippen MR) is 68.8 cm³/mol. The zero-order chi connectivity index (χ0) is 12.3. The molecular formula is C16H20O. The van der Waals surface area contributed by atoms with E-state index in [1.807, 2.05) is 0 Å². The lowest BCUT2D eigenvalue weighted by Crippen LogP contribution is -2.67. The molecule has 17 heavy (non-hydrogen) atoms. The van der Waals surface area contributed by atoms with Crippen molar-refractivity contribution in [3.05, 3.63) is 35.9 Å². The predicted octanol–water partition coefficient (Wildman–Crippen LogP) is 3.58. The van der Waals surface area contributed by atoms with Crippen molar-refractivity contribution >= 4 is 5.78 Å². The van der Waals surface area contributed by atoms with Crippen LogP contribution in [0.4, 0.5) is 0 Å². The number of carbonyl (C=O) groups excluding carboxylic acids is 1. The van der Waals surface area contributed by atoms with Gasteiger partial charge >= 0.3 is 0 Å². The molecule has 0 aromatic heterocycles. The van der Waals surface area contributed by atoms with Gasteiger partial charge < -0.3 is 0 Å². The largest absolute Gasteiger partial charge is 0.299 e. The van der Waals surface area contributed by atoms with Crippen molar-refractivity contribution in [1.29, 1.82) is 0 Å². The quantitative estimate of drug-likeness (QED) is 0.718. The molecule has 2 bridgehead atoms. The van der Waals surface area contributed by atoms with Crippen LogP contribution in [0.1, 0.15) is 39.2 Å². The van der Waals surface area contributed by atoms with Gasteiger partial charge in [0.25, 0.3) is 0 Å². The first-order valence-corrected chi connectivity index (χ1v) is 6.58. The molecule has 3 saturated carbocycles. The third kappa shape index (κ3) is 1.13. The van der Waals surface area contributed by atoms with E-state index in [0.717, 1.165) is 6.42 Å². The van der Waals surface area contributed by atoms with Crippen molar-refractivity contribution in [2.24, 2.45) is 17.3 Å². The molecule has 0 radical (unpaired) electrons. The van der Waals surface area contributed by atoms with Gasteiger partial charge in [-0.2, -0.15) is 0 Å². The van der Waals surface area contributed by atoms with Gasteiger partial charge in [0.2, 0.25) is 0 Å². The van der Waals surface area contributed by atoms with E-state index in [-0.39, 0.29) is 16.7 Å². The van der Waals surface area contributed by atoms with Crippen LogP contribution in [0.5, 0.6) is 0 Å². The molecule has 1 heteroatoms. The Morgan fingerprint density at radius 3 is 2.41 bits per heavy atom. The van der Waals surface area contributed by atoms with Gasteiger partial charge in [-0.05, 0) is 23.3 Å². The van der Waals surface area contributed by atoms with E-state index in [4.69, 9.17) is 0 Å². The van der Waals surface area contributed by atoms with Crippen LogP contribution in [0, 0.1) is 17.3 Å². The highest BCUT2D eigenvalue weighted by atomic mass is 16.1. The van der Waals surface area contributed by atoms with Gasteiger partial charge in [0.05, 0.1) is 0 Å². The van der Waals surface area contributed by atoms with E-state index in [0.29, 0.717) is 11.7 Å². The second-order valence-electron chi connectivity index (χ2n) is 6.35. The molecule has 4 rings (SSSR count). The van der Waals surface area contributed by atoms with Gasteiger partial charge in [-0.25, -0.2) is 0 Å². The zero-order valence-electron chi connectivity index (χ0n) is 10.9. The zero-order valence-corrected chi connectivity index (χ0v) is 10.9. The van der Waals surface area contributed by atoms with Gasteiger partial charge in [-0.15, -0.1) is 0 Å². The van der Waals surface area contributed by atoms with Gasteiger partial charge in [-0.1, -0.05) is 51.1 Å². The standard InChI is InChI=1S/C16H20O/c1-11-14(17)9-13-10-16(11,15(13,2)3)12-7-5-4-6-8-12/h4-8,11,13H,9-10H2,1-3H3. The number of ketones is 1. The number of rotatable bonds is 1. The van der Waals surface area contributed by atoms with E-state index in [1.165, 1.54) is 12.0 Å². The molecule has 90 valence electrons. The molecule has 3 aliphatic rings. The average Bonchev–Trinajstić information content (AvgIpc) is 2.33. The van der Waals surface area contributed by atoms with Gasteiger partial charge in [-0.3, -0.25) is 4.79 Å². The maximum absolute atomic E-state index is 12.1. The summed E-state index contributed by atoms with van der Waals surface area (Å²) in [6.45, 7) is 6.82. The molecule has 0 N–H and O–H groups in total. The first kappa shape index (κ1) is 11.0. The number of hydrogen-bond acceptors (Lipinski definition) is 1. The Bertz CT molecular complexity index is 460. The summed E-state index contributed by atoms with van der Waals surface area (Å²) in [5.74, 6) is 1.22. The number of carbonyl (C=O) groups is 1. The molecule has 0 spiro atoms. The Kier molecular flexibility index (Phi) is 2.08. The fourth-order valence-electron chi connectivity index (χ4n) is 4.37. The minimum Gasteiger partial charge on any atom is -0.299 e. The third-order valence-electron chi connectivity index (χ3n) is 5.70. The van der Waals surface area contributed by atoms with Gasteiger partial charge in [0, 0.05) is 17.8 Å². The summed E-state index contributed by atoms with van der Waals surface area (Å²) in [7, 11) is 0. The third-order valence-corrected chi connectivity index (χ3v) is 5.70. The highest BCUT2D eigenvalue weighted by Gasteiger charge is 2.67. The first-order chi connectivity index (χ1) is 8.00. The summed E-state index contributed by atoms with van der Waals surface area (Å²) >= 11 is 0. The van der Waals surface area contributed by atoms with Crippen molar-refractivity contribution in [2.45, 2.75) is 39.0 Å². The molecule has 3 atom stereocenters. The molecule has 1 aromatic carbocycles. The fourth-order valence-corrected chi connectivity index (χ4v) is 4.37. The van der Waals surface area contributed by atoms with E-state index >= 15 is 0 Å². The summed E-state index contributed by atoms with van der Waals surface area (Å²) < 4.78 is 0. The second kappa shape index (κ2) is 3.22. The Morgan fingerprint density at radius 2 is 1.82 bits per heavy atom. The minimum atomic E-state index is 0.0915. The topological polar surface area (TPSA) is 17.1 Å². The lowest BCUT2D eigenvalue weighted by molar-refractivity contribution is -0.163. The summed E-state index contributed by atoms with van der Waals surface area (Å²) in [5.41, 5.74) is 1.72. The Hall–Kier alpha value is -1.11. The summed E-state index contributed by atoms with van der Waals surface area (Å²) in [6.07, 6.45) is 1.99. The van der Waals surface area contributed by atoms with Gasteiger partial charge in [0.15, 0.2) is 0 Å². The number of benzene rings is 1. The molecular weight excluding hydrogens is 208 g/mol. The van der Waals surface area contributed by atoms with Crippen molar-refractivity contribution in [3.8, 4) is 0 Å². The van der Waals surface area contributed by atoms with Crippen LogP contribution >= 0.6 is 0 Å². The van der Waals surface area contributed by atoms with Crippen LogP contribution in [0.2, 0.25) is 0 Å². The maximum Gasteiger partial charge on any atom is 0.136 e. The highest BCUT2D eigenvalue weighted by molar-refractivity contribution is 5.86. The lowest BCUT2D eigenvalue weighted by Gasteiger charge is -2.68. The molecule has 0 saturated heterocycles. The number of fused-ring (bicyclic) bond motifs is 2. The van der Waals surface area contributed by atoms with Crippen molar-refractivity contribution < 1.29 is 4.79 Å². The van der Waals surface area contributed by atoms with Crippen LogP contribution in [0.3, 0.4) is 0 Å². The van der Waals surface area contributed by atoms with E-state index in [2.05, 4.69) is 51.1 Å². The van der Waals surface area contributed by atoms with Crippen molar-refractivity contribution in [3.63, 3.8) is 0 Å². The fraction of sp³-hybridized carbons (Fsp3) is 0.562. The number of Topliss-reactive ketones (excluding diaryl/α,β-unsaturated/α-hetero) is 1. The smallest absolute Gasteiger partial charge is 0.136 e. The van der Waals surface area contributed by atoms with Crippen molar-refractivity contribution in [2.75, 3.05) is 0 Å². The minimum absolute atomic E-state index is 0.0915. The van der Waals surface area contributed by atoms with Crippen LogP contribution in [0.15, 0.2) is 30.3 Å². The monoisotopic (exact) mass is 228 g/mol. The maximum atomic E-state index is 12.1. The molecule has 3 fully saturated rings. The van der Waals surface area contributed by atoms with Crippen LogP contribution in [0.25, 0.3) is 0 Å². The van der Waals surface area contributed by atoms with E-state index < -0.39 is 0 Å². The number of hydrogen-bond donors (Lipinski definition) is 0. The Morgan fingerprint density at radius 1 is 1.18 bits per heavy atom. The normalized spacial score (nSPS) is 38.6. The SMILES string of the molecule is CC1C(=O)CC2CC1(c1ccccc1)C2(C)C. The molecule has 3 aliphatic carbocycles. The van der Waals surface area contributed by atoms with E-state index in [1.54, 1.807) is 0 Å². The Balaban J connectivity index is 2.14. The van der Waals surface area contributed by atoms with Crippen LogP contribution in [-0.2, 0) is 10.2 Å². The van der Waals surface area contributed by atoms with Gasteiger partial charge in [0.1, 0.15) is 5.78 Å². The molecule has 1 nitrogen and oxygen atoms in total. The summed E-state index contributed by atoms with van der Waals surface area (Å²) in [6, 6.07) is 10.7. The molecule has 3 unspecified atom stereocenters. The van der Waals surface area contributed by atoms with Crippen LogP contribution in [-0.4, -0.2) is 5.78 Å². The summed E-state index contributed by atoms with van der Waals surface area (Å²) in [4.78, 5) is 12.1. The molecule has 0 aliphatic heterocycles.